The van der Waals surface area contributed by atoms with Crippen LogP contribution in [0.3, 0.4) is 0 Å². The molecule has 2 N–H and O–H groups in total. The number of nitrogens with zero attached hydrogens (tertiary/aromatic N) is 3. The summed E-state index contributed by atoms with van der Waals surface area (Å²) in [6.07, 6.45) is 4.16. The SMILES string of the molecule is Cc1cnn(-c2ccc(C3(C(C)N)CC3)cc2)n1. The maximum Gasteiger partial charge on any atom is 0.0856 e. The van der Waals surface area contributed by atoms with E-state index < -0.39 is 0 Å². The predicted octanol–water partition coefficient (Wildman–Crippen LogP) is 1.95. The zero-order chi connectivity index (χ0) is 12.8. The van der Waals surface area contributed by atoms with E-state index in [1.54, 1.807) is 11.0 Å². The molecular formula is C14H18N4. The molecule has 1 unspecified atom stereocenters. The molecule has 1 aromatic heterocycles. The molecule has 4 heteroatoms. The molecule has 2 aromatic rings. The van der Waals surface area contributed by atoms with Crippen molar-refractivity contribution in [2.75, 3.05) is 0 Å². The van der Waals surface area contributed by atoms with Crippen molar-refractivity contribution < 1.29 is 0 Å². The number of benzene rings is 1. The van der Waals surface area contributed by atoms with Crippen LogP contribution < -0.4 is 5.73 Å². The van der Waals surface area contributed by atoms with Crippen molar-refractivity contribution >= 4 is 0 Å². The van der Waals surface area contributed by atoms with E-state index in [2.05, 4.69) is 41.4 Å². The van der Waals surface area contributed by atoms with Gasteiger partial charge in [-0.2, -0.15) is 15.0 Å². The van der Waals surface area contributed by atoms with E-state index in [-0.39, 0.29) is 11.5 Å². The van der Waals surface area contributed by atoms with E-state index in [0.29, 0.717) is 0 Å². The Labute approximate surface area is 107 Å². The highest BCUT2D eigenvalue weighted by Gasteiger charge is 2.47. The quantitative estimate of drug-likeness (QED) is 0.895. The molecule has 1 saturated carbocycles. The first-order chi connectivity index (χ1) is 8.62. The maximum absolute atomic E-state index is 6.09. The third kappa shape index (κ3) is 1.73. The number of hydrogen-bond acceptors (Lipinski definition) is 3. The fraction of sp³-hybridized carbons (Fsp3) is 0.429. The van der Waals surface area contributed by atoms with Gasteiger partial charge in [0.15, 0.2) is 0 Å². The molecule has 1 aliphatic rings. The molecule has 1 aliphatic carbocycles. The lowest BCUT2D eigenvalue weighted by atomic mass is 9.89. The Morgan fingerprint density at radius 1 is 1.28 bits per heavy atom. The topological polar surface area (TPSA) is 56.7 Å². The van der Waals surface area contributed by atoms with Crippen LogP contribution in [-0.2, 0) is 5.41 Å². The van der Waals surface area contributed by atoms with Gasteiger partial charge in [0.2, 0.25) is 0 Å². The van der Waals surface area contributed by atoms with Crippen molar-refractivity contribution in [3.8, 4) is 5.69 Å². The molecule has 0 saturated heterocycles. The van der Waals surface area contributed by atoms with Gasteiger partial charge in [0.1, 0.15) is 0 Å². The Morgan fingerprint density at radius 2 is 1.94 bits per heavy atom. The van der Waals surface area contributed by atoms with Crippen LogP contribution in [0.2, 0.25) is 0 Å². The first-order valence-electron chi connectivity index (χ1n) is 6.37. The van der Waals surface area contributed by atoms with E-state index in [0.717, 1.165) is 11.4 Å². The largest absolute Gasteiger partial charge is 0.327 e. The Morgan fingerprint density at radius 3 is 2.39 bits per heavy atom. The average Bonchev–Trinajstić information content (AvgIpc) is 3.07. The van der Waals surface area contributed by atoms with Gasteiger partial charge in [-0.15, -0.1) is 0 Å². The Balaban J connectivity index is 1.90. The Kier molecular flexibility index (Phi) is 2.48. The summed E-state index contributed by atoms with van der Waals surface area (Å²) < 4.78 is 0. The van der Waals surface area contributed by atoms with E-state index in [4.69, 9.17) is 5.73 Å². The third-order valence-electron chi connectivity index (χ3n) is 3.94. The fourth-order valence-corrected chi connectivity index (χ4v) is 2.53. The Hall–Kier alpha value is -1.68. The molecule has 0 radical (unpaired) electrons. The van der Waals surface area contributed by atoms with Crippen molar-refractivity contribution in [3.63, 3.8) is 0 Å². The molecule has 0 amide bonds. The van der Waals surface area contributed by atoms with Crippen LogP contribution in [0.1, 0.15) is 31.0 Å². The van der Waals surface area contributed by atoms with Crippen molar-refractivity contribution in [1.82, 2.24) is 15.0 Å². The number of aryl methyl sites for hydroxylation is 1. The van der Waals surface area contributed by atoms with Crippen LogP contribution >= 0.6 is 0 Å². The van der Waals surface area contributed by atoms with Crippen LogP contribution in [0.25, 0.3) is 5.69 Å². The van der Waals surface area contributed by atoms with Gasteiger partial charge < -0.3 is 5.73 Å². The van der Waals surface area contributed by atoms with Gasteiger partial charge in [0.25, 0.3) is 0 Å². The third-order valence-corrected chi connectivity index (χ3v) is 3.94. The summed E-state index contributed by atoms with van der Waals surface area (Å²) in [5, 5.41) is 8.51. The number of aromatic nitrogens is 3. The summed E-state index contributed by atoms with van der Waals surface area (Å²) in [5.41, 5.74) is 9.56. The second-order valence-electron chi connectivity index (χ2n) is 5.27. The zero-order valence-corrected chi connectivity index (χ0v) is 10.8. The summed E-state index contributed by atoms with van der Waals surface area (Å²) in [6.45, 7) is 4.03. The molecule has 1 fully saturated rings. The minimum atomic E-state index is 0.214. The van der Waals surface area contributed by atoms with Gasteiger partial charge in [-0.25, -0.2) is 0 Å². The summed E-state index contributed by atoms with van der Waals surface area (Å²) in [6, 6.07) is 8.66. The number of rotatable bonds is 3. The molecule has 1 heterocycles. The minimum Gasteiger partial charge on any atom is -0.327 e. The van der Waals surface area contributed by atoms with Crippen LogP contribution in [0.4, 0.5) is 0 Å². The molecule has 94 valence electrons. The van der Waals surface area contributed by atoms with Crippen LogP contribution in [-0.4, -0.2) is 21.0 Å². The minimum absolute atomic E-state index is 0.214. The smallest absolute Gasteiger partial charge is 0.0856 e. The van der Waals surface area contributed by atoms with Crippen molar-refractivity contribution in [3.05, 3.63) is 41.7 Å². The highest BCUT2D eigenvalue weighted by Crippen LogP contribution is 2.50. The lowest BCUT2D eigenvalue weighted by Gasteiger charge is -2.20. The zero-order valence-electron chi connectivity index (χ0n) is 10.8. The standard InChI is InChI=1S/C14H18N4/c1-10-9-16-18(17-10)13-5-3-12(4-6-13)14(7-8-14)11(2)15/h3-6,9,11H,7-8,15H2,1-2H3. The Bertz CT molecular complexity index is 549. The molecule has 1 atom stereocenters. The highest BCUT2D eigenvalue weighted by molar-refractivity contribution is 5.40. The van der Waals surface area contributed by atoms with E-state index in [1.165, 1.54) is 18.4 Å². The lowest BCUT2D eigenvalue weighted by Crippen LogP contribution is -2.31. The normalized spacial score (nSPS) is 18.6. The molecule has 18 heavy (non-hydrogen) atoms. The molecule has 0 spiro atoms. The second-order valence-corrected chi connectivity index (χ2v) is 5.27. The first kappa shape index (κ1) is 11.4. The maximum atomic E-state index is 6.09. The van der Waals surface area contributed by atoms with Crippen LogP contribution in [0, 0.1) is 6.92 Å². The molecule has 0 bridgehead atoms. The second kappa shape index (κ2) is 3.92. The molecule has 0 aliphatic heterocycles. The summed E-state index contributed by atoms with van der Waals surface area (Å²) in [5.74, 6) is 0. The van der Waals surface area contributed by atoms with Crippen molar-refractivity contribution in [2.24, 2.45) is 5.73 Å². The van der Waals surface area contributed by atoms with Gasteiger partial charge in [-0.1, -0.05) is 12.1 Å². The molecule has 3 rings (SSSR count). The van der Waals surface area contributed by atoms with Crippen molar-refractivity contribution in [1.29, 1.82) is 0 Å². The summed E-state index contributed by atoms with van der Waals surface area (Å²) >= 11 is 0. The first-order valence-corrected chi connectivity index (χ1v) is 6.37. The van der Waals surface area contributed by atoms with Gasteiger partial charge in [0, 0.05) is 11.5 Å². The number of hydrogen-bond donors (Lipinski definition) is 1. The van der Waals surface area contributed by atoms with Gasteiger partial charge in [-0.3, -0.25) is 0 Å². The lowest BCUT2D eigenvalue weighted by molar-refractivity contribution is 0.556. The monoisotopic (exact) mass is 242 g/mol. The summed E-state index contributed by atoms with van der Waals surface area (Å²) in [4.78, 5) is 1.66. The van der Waals surface area contributed by atoms with Gasteiger partial charge >= 0.3 is 0 Å². The summed E-state index contributed by atoms with van der Waals surface area (Å²) in [7, 11) is 0. The van der Waals surface area contributed by atoms with Crippen LogP contribution in [0.5, 0.6) is 0 Å². The number of nitrogens with two attached hydrogens (primary N) is 1. The fourth-order valence-electron chi connectivity index (χ4n) is 2.53. The molecular weight excluding hydrogens is 224 g/mol. The van der Waals surface area contributed by atoms with E-state index >= 15 is 0 Å². The van der Waals surface area contributed by atoms with Crippen LogP contribution in [0.15, 0.2) is 30.5 Å². The molecule has 1 aromatic carbocycles. The van der Waals surface area contributed by atoms with E-state index in [9.17, 15) is 0 Å². The predicted molar refractivity (Wildman–Crippen MR) is 70.7 cm³/mol. The van der Waals surface area contributed by atoms with Gasteiger partial charge in [-0.05, 0) is 44.4 Å². The van der Waals surface area contributed by atoms with E-state index in [1.807, 2.05) is 6.92 Å². The van der Waals surface area contributed by atoms with Crippen molar-refractivity contribution in [2.45, 2.75) is 38.1 Å². The highest BCUT2D eigenvalue weighted by atomic mass is 15.5. The molecule has 4 nitrogen and oxygen atoms in total. The van der Waals surface area contributed by atoms with Gasteiger partial charge in [0.05, 0.1) is 17.6 Å². The average molecular weight is 242 g/mol.